The van der Waals surface area contributed by atoms with Crippen LogP contribution in [0.4, 0.5) is 0 Å². The van der Waals surface area contributed by atoms with Gasteiger partial charge in [-0.3, -0.25) is 14.4 Å². The zero-order valence-corrected chi connectivity index (χ0v) is 17.5. The molecule has 154 valence electrons. The van der Waals surface area contributed by atoms with Gasteiger partial charge in [0.2, 0.25) is 11.8 Å². The summed E-state index contributed by atoms with van der Waals surface area (Å²) >= 11 is 0. The minimum atomic E-state index is -0.275. The zero-order valence-electron chi connectivity index (χ0n) is 17.5. The Labute approximate surface area is 172 Å². The van der Waals surface area contributed by atoms with Gasteiger partial charge in [-0.25, -0.2) is 0 Å². The largest absolute Gasteiger partial charge is 0.352 e. The van der Waals surface area contributed by atoms with Crippen LogP contribution in [0.3, 0.4) is 0 Å². The molecule has 3 amide bonds. The summed E-state index contributed by atoms with van der Waals surface area (Å²) in [6, 6.07) is 15.0. The van der Waals surface area contributed by atoms with Crippen molar-refractivity contribution in [3.05, 3.63) is 70.8 Å². The molecule has 0 bridgehead atoms. The van der Waals surface area contributed by atoms with Crippen LogP contribution in [-0.2, 0) is 28.1 Å². The minimum Gasteiger partial charge on any atom is -0.352 e. The van der Waals surface area contributed by atoms with Crippen molar-refractivity contribution in [3.8, 4) is 0 Å². The summed E-state index contributed by atoms with van der Waals surface area (Å²) in [6.07, 6.45) is 0. The Bertz CT molecular complexity index is 850. The second-order valence-electron chi connectivity index (χ2n) is 8.01. The third-order valence-corrected chi connectivity index (χ3v) is 4.48. The van der Waals surface area contributed by atoms with Gasteiger partial charge in [0, 0.05) is 25.6 Å². The van der Waals surface area contributed by atoms with E-state index >= 15 is 0 Å². The van der Waals surface area contributed by atoms with E-state index in [4.69, 9.17) is 0 Å². The van der Waals surface area contributed by atoms with Crippen LogP contribution < -0.4 is 16.0 Å². The van der Waals surface area contributed by atoms with Gasteiger partial charge in [-0.1, -0.05) is 57.2 Å². The molecular weight excluding hydrogens is 366 g/mol. The van der Waals surface area contributed by atoms with Crippen LogP contribution in [0.15, 0.2) is 48.5 Å². The molecule has 0 radical (unpaired) electrons. The van der Waals surface area contributed by atoms with Gasteiger partial charge in [0.1, 0.15) is 0 Å². The Morgan fingerprint density at radius 2 is 1.28 bits per heavy atom. The highest BCUT2D eigenvalue weighted by atomic mass is 16.2. The van der Waals surface area contributed by atoms with Gasteiger partial charge in [-0.15, -0.1) is 0 Å². The van der Waals surface area contributed by atoms with Gasteiger partial charge >= 0.3 is 0 Å². The van der Waals surface area contributed by atoms with Crippen molar-refractivity contribution in [3.63, 3.8) is 0 Å². The molecule has 0 fully saturated rings. The first kappa shape index (κ1) is 22.1. The number of benzene rings is 2. The van der Waals surface area contributed by atoms with E-state index in [-0.39, 0.29) is 29.7 Å². The summed E-state index contributed by atoms with van der Waals surface area (Å²) in [5, 5.41) is 8.15. The average molecular weight is 396 g/mol. The SMILES string of the molecule is CC(=O)NCc1ccc(CNC(=O)CNC(=O)c2ccc(C(C)(C)C)cc2)cc1. The van der Waals surface area contributed by atoms with Crippen molar-refractivity contribution in [1.29, 1.82) is 0 Å². The van der Waals surface area contributed by atoms with E-state index in [9.17, 15) is 14.4 Å². The Morgan fingerprint density at radius 3 is 1.76 bits per heavy atom. The van der Waals surface area contributed by atoms with Crippen molar-refractivity contribution < 1.29 is 14.4 Å². The lowest BCUT2D eigenvalue weighted by molar-refractivity contribution is -0.120. The lowest BCUT2D eigenvalue weighted by Gasteiger charge is -2.19. The lowest BCUT2D eigenvalue weighted by Crippen LogP contribution is -2.36. The summed E-state index contributed by atoms with van der Waals surface area (Å²) in [7, 11) is 0. The quantitative estimate of drug-likeness (QED) is 0.674. The highest BCUT2D eigenvalue weighted by Gasteiger charge is 2.14. The van der Waals surface area contributed by atoms with Gasteiger partial charge in [-0.05, 0) is 34.2 Å². The monoisotopic (exact) mass is 395 g/mol. The highest BCUT2D eigenvalue weighted by Crippen LogP contribution is 2.22. The summed E-state index contributed by atoms with van der Waals surface area (Å²) < 4.78 is 0. The molecule has 0 aliphatic heterocycles. The first-order valence-corrected chi connectivity index (χ1v) is 9.63. The molecule has 2 aromatic carbocycles. The molecular formula is C23H29N3O3. The summed E-state index contributed by atoms with van der Waals surface area (Å²) in [5.74, 6) is -0.608. The molecule has 2 rings (SSSR count). The van der Waals surface area contributed by atoms with Crippen molar-refractivity contribution in [1.82, 2.24) is 16.0 Å². The fourth-order valence-corrected chi connectivity index (χ4v) is 2.65. The van der Waals surface area contributed by atoms with Gasteiger partial charge in [0.15, 0.2) is 0 Å². The van der Waals surface area contributed by atoms with Gasteiger partial charge in [0.25, 0.3) is 5.91 Å². The van der Waals surface area contributed by atoms with Crippen LogP contribution in [0.25, 0.3) is 0 Å². The standard InChI is InChI=1S/C23H29N3O3/c1-16(27)24-13-17-5-7-18(8-6-17)14-25-21(28)15-26-22(29)19-9-11-20(12-10-19)23(2,3)4/h5-12H,13-15H2,1-4H3,(H,24,27)(H,25,28)(H,26,29). The minimum absolute atomic E-state index is 0.0248. The molecule has 0 saturated heterocycles. The molecule has 0 aliphatic carbocycles. The summed E-state index contributed by atoms with van der Waals surface area (Å²) in [4.78, 5) is 35.1. The van der Waals surface area contributed by atoms with Crippen molar-refractivity contribution >= 4 is 17.7 Å². The maximum Gasteiger partial charge on any atom is 0.251 e. The fourth-order valence-electron chi connectivity index (χ4n) is 2.65. The molecule has 0 aliphatic rings. The second-order valence-corrected chi connectivity index (χ2v) is 8.01. The fraction of sp³-hybridized carbons (Fsp3) is 0.348. The van der Waals surface area contributed by atoms with E-state index in [0.717, 1.165) is 16.7 Å². The highest BCUT2D eigenvalue weighted by molar-refractivity contribution is 5.96. The molecule has 6 heteroatoms. The van der Waals surface area contributed by atoms with Gasteiger partial charge < -0.3 is 16.0 Å². The molecule has 2 aromatic rings. The molecule has 0 spiro atoms. The Kier molecular flexibility index (Phi) is 7.53. The Morgan fingerprint density at radius 1 is 0.759 bits per heavy atom. The van der Waals surface area contributed by atoms with E-state index in [1.165, 1.54) is 6.92 Å². The first-order chi connectivity index (χ1) is 13.6. The molecule has 0 atom stereocenters. The number of rotatable bonds is 7. The molecule has 0 heterocycles. The third kappa shape index (κ3) is 7.41. The van der Waals surface area contributed by atoms with E-state index < -0.39 is 0 Å². The topological polar surface area (TPSA) is 87.3 Å². The molecule has 3 N–H and O–H groups in total. The number of carbonyl (C=O) groups excluding carboxylic acids is 3. The number of hydrogen-bond acceptors (Lipinski definition) is 3. The summed E-state index contributed by atoms with van der Waals surface area (Å²) in [6.45, 7) is 8.58. The summed E-state index contributed by atoms with van der Waals surface area (Å²) in [5.41, 5.74) is 3.63. The van der Waals surface area contributed by atoms with Crippen LogP contribution in [0.1, 0.15) is 54.7 Å². The van der Waals surface area contributed by atoms with Gasteiger partial charge in [0.05, 0.1) is 6.54 Å². The van der Waals surface area contributed by atoms with Crippen LogP contribution in [0, 0.1) is 0 Å². The molecule has 0 unspecified atom stereocenters. The maximum atomic E-state index is 12.2. The molecule has 6 nitrogen and oxygen atoms in total. The van der Waals surface area contributed by atoms with E-state index in [0.29, 0.717) is 18.7 Å². The average Bonchev–Trinajstić information content (AvgIpc) is 2.69. The van der Waals surface area contributed by atoms with Crippen LogP contribution in [0.5, 0.6) is 0 Å². The first-order valence-electron chi connectivity index (χ1n) is 9.63. The molecule has 29 heavy (non-hydrogen) atoms. The van der Waals surface area contributed by atoms with Crippen molar-refractivity contribution in [2.24, 2.45) is 0 Å². The molecule has 0 saturated carbocycles. The third-order valence-electron chi connectivity index (χ3n) is 4.48. The van der Waals surface area contributed by atoms with Gasteiger partial charge in [-0.2, -0.15) is 0 Å². The number of carbonyl (C=O) groups is 3. The Hall–Kier alpha value is -3.15. The molecule has 0 aromatic heterocycles. The van der Waals surface area contributed by atoms with Crippen LogP contribution >= 0.6 is 0 Å². The van der Waals surface area contributed by atoms with E-state index in [1.807, 2.05) is 36.4 Å². The predicted octanol–water partition coefficient (Wildman–Crippen LogP) is 2.67. The van der Waals surface area contributed by atoms with E-state index in [2.05, 4.69) is 36.7 Å². The van der Waals surface area contributed by atoms with Crippen molar-refractivity contribution in [2.45, 2.75) is 46.2 Å². The number of nitrogens with one attached hydrogen (secondary N) is 3. The smallest absolute Gasteiger partial charge is 0.251 e. The zero-order chi connectivity index (χ0) is 21.4. The number of hydrogen-bond donors (Lipinski definition) is 3. The Balaban J connectivity index is 1.76. The lowest BCUT2D eigenvalue weighted by atomic mass is 9.87. The maximum absolute atomic E-state index is 12.2. The second kappa shape index (κ2) is 9.87. The predicted molar refractivity (Wildman–Crippen MR) is 113 cm³/mol. The van der Waals surface area contributed by atoms with Crippen LogP contribution in [0.2, 0.25) is 0 Å². The van der Waals surface area contributed by atoms with E-state index in [1.54, 1.807) is 12.1 Å². The number of amides is 3. The van der Waals surface area contributed by atoms with Crippen molar-refractivity contribution in [2.75, 3.05) is 6.54 Å². The van der Waals surface area contributed by atoms with Crippen LogP contribution in [-0.4, -0.2) is 24.3 Å². The normalized spacial score (nSPS) is 10.9.